The van der Waals surface area contributed by atoms with Crippen LogP contribution in [0.1, 0.15) is 25.1 Å². The van der Waals surface area contributed by atoms with Crippen LogP contribution in [-0.2, 0) is 16.6 Å². The average Bonchev–Trinajstić information content (AvgIpc) is 2.63. The van der Waals surface area contributed by atoms with E-state index < -0.39 is 26.6 Å². The lowest BCUT2D eigenvalue weighted by Crippen LogP contribution is -2.31. The molecule has 0 radical (unpaired) electrons. The van der Waals surface area contributed by atoms with Crippen LogP contribution in [0.15, 0.2) is 35.4 Å². The minimum Gasteiger partial charge on any atom is -0.357 e. The summed E-state index contributed by atoms with van der Waals surface area (Å²) in [6.07, 6.45) is 4.92. The lowest BCUT2D eigenvalue weighted by Gasteiger charge is -2.27. The highest BCUT2D eigenvalue weighted by Gasteiger charge is 2.20. The smallest absolute Gasteiger partial charge is 0.243 e. The summed E-state index contributed by atoms with van der Waals surface area (Å²) in [6.45, 7) is 1.59. The van der Waals surface area contributed by atoms with Gasteiger partial charge in [0.25, 0.3) is 0 Å². The summed E-state index contributed by atoms with van der Waals surface area (Å²) in [5, 5.41) is 0. The molecule has 1 aromatic carbocycles. The van der Waals surface area contributed by atoms with Gasteiger partial charge in [0.15, 0.2) is 0 Å². The van der Waals surface area contributed by atoms with Gasteiger partial charge in [0.2, 0.25) is 10.0 Å². The van der Waals surface area contributed by atoms with E-state index >= 15 is 0 Å². The molecular formula is C16H18F2N4O2S. The molecule has 9 heteroatoms. The number of rotatable bonds is 5. The maximum atomic E-state index is 13.7. The second-order valence-corrected chi connectivity index (χ2v) is 7.51. The molecule has 3 rings (SSSR count). The van der Waals surface area contributed by atoms with E-state index in [2.05, 4.69) is 19.6 Å². The number of benzene rings is 1. The van der Waals surface area contributed by atoms with Crippen molar-refractivity contribution in [1.82, 2.24) is 14.7 Å². The van der Waals surface area contributed by atoms with Crippen LogP contribution >= 0.6 is 0 Å². The molecular weight excluding hydrogens is 350 g/mol. The van der Waals surface area contributed by atoms with Crippen molar-refractivity contribution < 1.29 is 17.2 Å². The Morgan fingerprint density at radius 2 is 1.88 bits per heavy atom. The van der Waals surface area contributed by atoms with Crippen LogP contribution < -0.4 is 9.62 Å². The summed E-state index contributed by atoms with van der Waals surface area (Å²) >= 11 is 0. The minimum atomic E-state index is -4.21. The van der Waals surface area contributed by atoms with Crippen LogP contribution in [0, 0.1) is 11.6 Å². The van der Waals surface area contributed by atoms with E-state index in [1.807, 2.05) is 0 Å². The number of nitrogens with one attached hydrogen (secondary N) is 1. The van der Waals surface area contributed by atoms with Gasteiger partial charge in [0.05, 0.1) is 6.54 Å². The Morgan fingerprint density at radius 3 is 2.64 bits per heavy atom. The molecule has 2 aromatic rings. The molecule has 134 valence electrons. The maximum absolute atomic E-state index is 13.7. The molecule has 2 heterocycles. The topological polar surface area (TPSA) is 75.2 Å². The molecule has 0 spiro atoms. The summed E-state index contributed by atoms with van der Waals surface area (Å²) < 4.78 is 53.5. The molecule has 1 saturated heterocycles. The second kappa shape index (κ2) is 7.40. The van der Waals surface area contributed by atoms with E-state index in [9.17, 15) is 17.2 Å². The standard InChI is InChI=1S/C16H18F2N4O2S/c17-12-4-5-13(18)14(10-12)25(23,24)20-11-15-19-7-6-16(21-15)22-8-2-1-3-9-22/h4-7,10,20H,1-3,8-9,11H2. The third-order valence-corrected chi connectivity index (χ3v) is 5.39. The first-order valence-corrected chi connectivity index (χ1v) is 9.45. The molecule has 0 atom stereocenters. The van der Waals surface area contributed by atoms with Gasteiger partial charge < -0.3 is 4.90 Å². The first kappa shape index (κ1) is 17.7. The maximum Gasteiger partial charge on any atom is 0.243 e. The number of hydrogen-bond donors (Lipinski definition) is 1. The summed E-state index contributed by atoms with van der Waals surface area (Å²) in [6, 6.07) is 4.05. The summed E-state index contributed by atoms with van der Waals surface area (Å²) in [5.41, 5.74) is 0. The van der Waals surface area contributed by atoms with E-state index in [1.165, 1.54) is 6.42 Å². The van der Waals surface area contributed by atoms with Gasteiger partial charge in [-0.1, -0.05) is 0 Å². The van der Waals surface area contributed by atoms with Gasteiger partial charge in [0, 0.05) is 19.3 Å². The molecule has 0 bridgehead atoms. The van der Waals surface area contributed by atoms with Gasteiger partial charge in [-0.05, 0) is 43.5 Å². The highest BCUT2D eigenvalue weighted by Crippen LogP contribution is 2.18. The third kappa shape index (κ3) is 4.29. The zero-order valence-electron chi connectivity index (χ0n) is 13.5. The number of halogens is 2. The fourth-order valence-corrected chi connectivity index (χ4v) is 3.76. The van der Waals surface area contributed by atoms with Crippen LogP contribution in [0.3, 0.4) is 0 Å². The zero-order valence-corrected chi connectivity index (χ0v) is 14.3. The first-order chi connectivity index (χ1) is 12.0. The number of aromatic nitrogens is 2. The van der Waals surface area contributed by atoms with Crippen LogP contribution in [-0.4, -0.2) is 31.5 Å². The van der Waals surface area contributed by atoms with Gasteiger partial charge in [-0.3, -0.25) is 0 Å². The van der Waals surface area contributed by atoms with Crippen molar-refractivity contribution in [3.63, 3.8) is 0 Å². The van der Waals surface area contributed by atoms with Gasteiger partial charge in [-0.15, -0.1) is 0 Å². The van der Waals surface area contributed by atoms with Crippen LogP contribution in [0.5, 0.6) is 0 Å². The number of hydrogen-bond acceptors (Lipinski definition) is 5. The van der Waals surface area contributed by atoms with Gasteiger partial charge in [-0.25, -0.2) is 31.9 Å². The van der Waals surface area contributed by atoms with E-state index in [1.54, 1.807) is 12.3 Å². The monoisotopic (exact) mass is 368 g/mol. The zero-order chi connectivity index (χ0) is 17.9. The van der Waals surface area contributed by atoms with Crippen molar-refractivity contribution in [3.05, 3.63) is 47.9 Å². The van der Waals surface area contributed by atoms with Gasteiger partial charge in [-0.2, -0.15) is 0 Å². The van der Waals surface area contributed by atoms with Crippen molar-refractivity contribution in [2.75, 3.05) is 18.0 Å². The summed E-state index contributed by atoms with van der Waals surface area (Å²) in [4.78, 5) is 9.78. The third-order valence-electron chi connectivity index (χ3n) is 3.97. The van der Waals surface area contributed by atoms with E-state index in [0.29, 0.717) is 6.07 Å². The molecule has 25 heavy (non-hydrogen) atoms. The Kier molecular flexibility index (Phi) is 5.24. The molecule has 0 saturated carbocycles. The number of anilines is 1. The van der Waals surface area contributed by atoms with E-state index in [-0.39, 0.29) is 12.4 Å². The molecule has 1 aliphatic rings. The summed E-state index contributed by atoms with van der Waals surface area (Å²) in [7, 11) is -4.21. The molecule has 0 unspecified atom stereocenters. The van der Waals surface area contributed by atoms with E-state index in [4.69, 9.17) is 0 Å². The largest absolute Gasteiger partial charge is 0.357 e. The highest BCUT2D eigenvalue weighted by atomic mass is 32.2. The Bertz CT molecular complexity index is 855. The lowest BCUT2D eigenvalue weighted by molar-refractivity contribution is 0.544. The Hall–Kier alpha value is -2.13. The predicted octanol–water partition coefficient (Wildman–Crippen LogP) is 2.22. The lowest BCUT2D eigenvalue weighted by atomic mass is 10.1. The van der Waals surface area contributed by atoms with Crippen molar-refractivity contribution in [3.8, 4) is 0 Å². The van der Waals surface area contributed by atoms with Crippen molar-refractivity contribution in [2.45, 2.75) is 30.7 Å². The van der Waals surface area contributed by atoms with Gasteiger partial charge in [0.1, 0.15) is 28.2 Å². The summed E-state index contributed by atoms with van der Waals surface area (Å²) in [5.74, 6) is -0.841. The van der Waals surface area contributed by atoms with Crippen molar-refractivity contribution in [1.29, 1.82) is 0 Å². The highest BCUT2D eigenvalue weighted by molar-refractivity contribution is 7.89. The minimum absolute atomic E-state index is 0.208. The SMILES string of the molecule is O=S(=O)(NCc1nccc(N2CCCCC2)n1)c1cc(F)ccc1F. The van der Waals surface area contributed by atoms with Crippen LogP contribution in [0.25, 0.3) is 0 Å². The Morgan fingerprint density at radius 1 is 1.12 bits per heavy atom. The number of sulfonamides is 1. The molecule has 1 aliphatic heterocycles. The predicted molar refractivity (Wildman–Crippen MR) is 88.5 cm³/mol. The molecule has 1 aromatic heterocycles. The fourth-order valence-electron chi connectivity index (χ4n) is 2.69. The van der Waals surface area contributed by atoms with Crippen molar-refractivity contribution in [2.24, 2.45) is 0 Å². The molecule has 1 N–H and O–H groups in total. The average molecular weight is 368 g/mol. The fraction of sp³-hybridized carbons (Fsp3) is 0.375. The Balaban J connectivity index is 1.73. The molecule has 1 fully saturated rings. The van der Waals surface area contributed by atoms with Gasteiger partial charge >= 0.3 is 0 Å². The molecule has 0 aliphatic carbocycles. The quantitative estimate of drug-likeness (QED) is 0.876. The number of piperidine rings is 1. The molecule has 0 amide bonds. The van der Waals surface area contributed by atoms with E-state index in [0.717, 1.165) is 43.9 Å². The number of nitrogens with zero attached hydrogens (tertiary/aromatic N) is 3. The van der Waals surface area contributed by atoms with Crippen LogP contribution in [0.4, 0.5) is 14.6 Å². The molecule has 6 nitrogen and oxygen atoms in total. The normalized spacial score (nSPS) is 15.4. The Labute approximate surface area is 145 Å². The second-order valence-electron chi connectivity index (χ2n) is 5.78. The first-order valence-electron chi connectivity index (χ1n) is 7.97. The van der Waals surface area contributed by atoms with Crippen molar-refractivity contribution >= 4 is 15.8 Å². The van der Waals surface area contributed by atoms with Crippen LogP contribution in [0.2, 0.25) is 0 Å².